The third-order valence-corrected chi connectivity index (χ3v) is 5.37. The van der Waals surface area contributed by atoms with Gasteiger partial charge in [0.2, 0.25) is 10.0 Å². The molecule has 26 heavy (non-hydrogen) atoms. The van der Waals surface area contributed by atoms with E-state index in [0.29, 0.717) is 5.75 Å². The molecule has 8 heteroatoms. The summed E-state index contributed by atoms with van der Waals surface area (Å²) in [5, 5.41) is 4.14. The molecule has 1 aromatic carbocycles. The molecule has 0 fully saturated rings. The summed E-state index contributed by atoms with van der Waals surface area (Å²) in [5.74, 6) is 0.650. The zero-order chi connectivity index (χ0) is 18.7. The van der Waals surface area contributed by atoms with Crippen LogP contribution < -0.4 is 9.46 Å². The van der Waals surface area contributed by atoms with Gasteiger partial charge in [-0.05, 0) is 42.3 Å². The zero-order valence-electron chi connectivity index (χ0n) is 14.8. The van der Waals surface area contributed by atoms with E-state index in [9.17, 15) is 8.42 Å². The first-order valence-corrected chi connectivity index (χ1v) is 9.44. The molecule has 0 aliphatic heterocycles. The topological polar surface area (TPSA) is 86.1 Å². The summed E-state index contributed by atoms with van der Waals surface area (Å²) in [6.45, 7) is 1.95. The van der Waals surface area contributed by atoms with Gasteiger partial charge in [0.25, 0.3) is 0 Å². The van der Waals surface area contributed by atoms with Gasteiger partial charge in [-0.25, -0.2) is 13.1 Å². The van der Waals surface area contributed by atoms with E-state index in [1.807, 2.05) is 19.3 Å². The molecule has 0 unspecified atom stereocenters. The van der Waals surface area contributed by atoms with Gasteiger partial charge >= 0.3 is 0 Å². The molecule has 0 aliphatic rings. The highest BCUT2D eigenvalue weighted by molar-refractivity contribution is 7.89. The quantitative estimate of drug-likeness (QED) is 0.717. The lowest BCUT2D eigenvalue weighted by atomic mass is 10.1. The summed E-state index contributed by atoms with van der Waals surface area (Å²) in [6, 6.07) is 6.66. The van der Waals surface area contributed by atoms with Gasteiger partial charge in [-0.1, -0.05) is 0 Å². The van der Waals surface area contributed by atoms with Gasteiger partial charge in [0, 0.05) is 43.3 Å². The zero-order valence-corrected chi connectivity index (χ0v) is 15.6. The van der Waals surface area contributed by atoms with Gasteiger partial charge in [-0.3, -0.25) is 9.67 Å². The van der Waals surface area contributed by atoms with Gasteiger partial charge in [0.05, 0.1) is 18.2 Å². The molecule has 0 saturated heterocycles. The molecule has 3 aromatic rings. The average Bonchev–Trinajstić information content (AvgIpc) is 3.07. The Morgan fingerprint density at radius 3 is 2.62 bits per heavy atom. The molecule has 3 rings (SSSR count). The highest BCUT2D eigenvalue weighted by Crippen LogP contribution is 2.22. The average molecular weight is 372 g/mol. The lowest BCUT2D eigenvalue weighted by Crippen LogP contribution is -2.23. The molecular weight excluding hydrogens is 352 g/mol. The first-order chi connectivity index (χ1) is 12.4. The number of pyridine rings is 1. The van der Waals surface area contributed by atoms with Gasteiger partial charge in [0.15, 0.2) is 0 Å². The number of aromatic nitrogens is 3. The van der Waals surface area contributed by atoms with E-state index in [1.165, 1.54) is 6.07 Å². The second kappa shape index (κ2) is 7.27. The van der Waals surface area contributed by atoms with Crippen LogP contribution in [0, 0.1) is 6.92 Å². The minimum atomic E-state index is -3.63. The van der Waals surface area contributed by atoms with Gasteiger partial charge < -0.3 is 4.74 Å². The molecule has 0 atom stereocenters. The maximum Gasteiger partial charge on any atom is 0.240 e. The molecule has 0 radical (unpaired) electrons. The predicted molar refractivity (Wildman–Crippen MR) is 98.2 cm³/mol. The van der Waals surface area contributed by atoms with Crippen LogP contribution in [0.15, 0.2) is 53.9 Å². The molecule has 0 bridgehead atoms. The van der Waals surface area contributed by atoms with Gasteiger partial charge in [-0.2, -0.15) is 5.10 Å². The number of rotatable bonds is 6. The van der Waals surface area contributed by atoms with Crippen LogP contribution in [0.3, 0.4) is 0 Å². The Morgan fingerprint density at radius 1 is 1.15 bits per heavy atom. The number of methoxy groups -OCH3 is 1. The summed E-state index contributed by atoms with van der Waals surface area (Å²) >= 11 is 0. The standard InChI is InChI=1S/C18H20N4O3S/c1-13-6-17(4-5-18(13)25-3)26(23,24)21-9-14-7-15(10-19-8-14)16-11-20-22(2)12-16/h4-8,10-12,21H,9H2,1-3H3. The summed E-state index contributed by atoms with van der Waals surface area (Å²) in [7, 11) is -0.237. The number of hydrogen-bond acceptors (Lipinski definition) is 5. The Bertz CT molecular complexity index is 1030. The number of nitrogens with zero attached hydrogens (tertiary/aromatic N) is 3. The number of ether oxygens (including phenoxy) is 1. The predicted octanol–water partition coefficient (Wildman–Crippen LogP) is 2.28. The molecule has 136 valence electrons. The Labute approximate surface area is 152 Å². The minimum Gasteiger partial charge on any atom is -0.496 e. The first-order valence-electron chi connectivity index (χ1n) is 7.96. The molecule has 0 aliphatic carbocycles. The third-order valence-electron chi connectivity index (χ3n) is 3.98. The maximum atomic E-state index is 12.5. The van der Waals surface area contributed by atoms with Crippen molar-refractivity contribution in [3.63, 3.8) is 0 Å². The molecular formula is C18H20N4O3S. The van der Waals surface area contributed by atoms with Crippen molar-refractivity contribution in [1.82, 2.24) is 19.5 Å². The fourth-order valence-corrected chi connectivity index (χ4v) is 3.69. The van der Waals surface area contributed by atoms with Crippen molar-refractivity contribution in [3.8, 4) is 16.9 Å². The van der Waals surface area contributed by atoms with Crippen molar-refractivity contribution in [2.24, 2.45) is 7.05 Å². The molecule has 2 heterocycles. The molecule has 1 N–H and O–H groups in total. The van der Waals surface area contributed by atoms with E-state index in [4.69, 9.17) is 4.74 Å². The second-order valence-electron chi connectivity index (χ2n) is 5.94. The number of nitrogens with one attached hydrogen (secondary N) is 1. The van der Waals surface area contributed by atoms with Crippen LogP contribution in [0.2, 0.25) is 0 Å². The number of sulfonamides is 1. The van der Waals surface area contributed by atoms with E-state index in [0.717, 1.165) is 22.3 Å². The Hall–Kier alpha value is -2.71. The van der Waals surface area contributed by atoms with Crippen LogP contribution in [-0.2, 0) is 23.6 Å². The fraction of sp³-hybridized carbons (Fsp3) is 0.222. The van der Waals surface area contributed by atoms with E-state index >= 15 is 0 Å². The van der Waals surface area contributed by atoms with Crippen molar-refractivity contribution in [2.75, 3.05) is 7.11 Å². The number of aryl methyl sites for hydroxylation is 2. The normalized spacial score (nSPS) is 11.5. The fourth-order valence-electron chi connectivity index (χ4n) is 2.59. The number of benzene rings is 1. The molecule has 0 spiro atoms. The summed E-state index contributed by atoms with van der Waals surface area (Å²) < 4.78 is 34.5. The van der Waals surface area contributed by atoms with Crippen LogP contribution in [0.25, 0.3) is 11.1 Å². The van der Waals surface area contributed by atoms with E-state index < -0.39 is 10.0 Å². The SMILES string of the molecule is COc1ccc(S(=O)(=O)NCc2cncc(-c3cnn(C)c3)c2)cc1C. The Morgan fingerprint density at radius 2 is 1.96 bits per heavy atom. The second-order valence-corrected chi connectivity index (χ2v) is 7.71. The van der Waals surface area contributed by atoms with Crippen LogP contribution in [0.1, 0.15) is 11.1 Å². The van der Waals surface area contributed by atoms with Crippen molar-refractivity contribution in [3.05, 3.63) is 60.2 Å². The molecule has 2 aromatic heterocycles. The van der Waals surface area contributed by atoms with Crippen molar-refractivity contribution < 1.29 is 13.2 Å². The monoisotopic (exact) mass is 372 g/mol. The van der Waals surface area contributed by atoms with E-state index in [2.05, 4.69) is 14.8 Å². The highest BCUT2D eigenvalue weighted by Gasteiger charge is 2.15. The molecule has 0 saturated carbocycles. The van der Waals surface area contributed by atoms with Gasteiger partial charge in [0.1, 0.15) is 5.75 Å². The largest absolute Gasteiger partial charge is 0.496 e. The van der Waals surface area contributed by atoms with Crippen LogP contribution in [-0.4, -0.2) is 30.3 Å². The lowest BCUT2D eigenvalue weighted by Gasteiger charge is -2.10. The van der Waals surface area contributed by atoms with Crippen molar-refractivity contribution >= 4 is 10.0 Å². The van der Waals surface area contributed by atoms with E-state index in [-0.39, 0.29) is 11.4 Å². The minimum absolute atomic E-state index is 0.147. The smallest absolute Gasteiger partial charge is 0.240 e. The lowest BCUT2D eigenvalue weighted by molar-refractivity contribution is 0.411. The maximum absolute atomic E-state index is 12.5. The summed E-state index contributed by atoms with van der Waals surface area (Å²) in [5.41, 5.74) is 3.33. The Balaban J connectivity index is 1.77. The van der Waals surface area contributed by atoms with Gasteiger partial charge in [-0.15, -0.1) is 0 Å². The summed E-state index contributed by atoms with van der Waals surface area (Å²) in [6.07, 6.45) is 6.99. The highest BCUT2D eigenvalue weighted by atomic mass is 32.2. The van der Waals surface area contributed by atoms with Crippen LogP contribution in [0.5, 0.6) is 5.75 Å². The summed E-state index contributed by atoms with van der Waals surface area (Å²) in [4.78, 5) is 4.39. The van der Waals surface area contributed by atoms with Crippen LogP contribution >= 0.6 is 0 Å². The third kappa shape index (κ3) is 3.92. The first kappa shape index (κ1) is 18.1. The molecule has 7 nitrogen and oxygen atoms in total. The van der Waals surface area contributed by atoms with Crippen molar-refractivity contribution in [1.29, 1.82) is 0 Å². The number of hydrogen-bond donors (Lipinski definition) is 1. The Kier molecular flexibility index (Phi) is 5.06. The van der Waals surface area contributed by atoms with Crippen LogP contribution in [0.4, 0.5) is 0 Å². The molecule has 0 amide bonds. The van der Waals surface area contributed by atoms with Crippen molar-refractivity contribution in [2.45, 2.75) is 18.4 Å². The van der Waals surface area contributed by atoms with E-state index in [1.54, 1.807) is 49.4 Å².